The number of hydrogen-bond donors (Lipinski definition) is 1. The van der Waals surface area contributed by atoms with Gasteiger partial charge in [0.2, 0.25) is 0 Å². The van der Waals surface area contributed by atoms with Crippen LogP contribution in [0.1, 0.15) is 28.8 Å². The summed E-state index contributed by atoms with van der Waals surface area (Å²) in [4.78, 5) is 14.8. The number of aryl methyl sites for hydroxylation is 2. The van der Waals surface area contributed by atoms with Gasteiger partial charge in [-0.3, -0.25) is 0 Å². The Labute approximate surface area is 86.4 Å². The monoisotopic (exact) mass is 205 g/mol. The van der Waals surface area contributed by atoms with E-state index in [1.165, 1.54) is 6.07 Å². The molecule has 0 aliphatic rings. The van der Waals surface area contributed by atoms with E-state index in [2.05, 4.69) is 10.1 Å². The number of aromatic nitrogens is 3. The standard InChI is InChI=1S/C10H11N3O2/c1-3-7-5-9-11-8(10(14)15)4-6(2)13(9)12-7/h4-5H,3H2,1-2H3,(H,14,15). The van der Waals surface area contributed by atoms with Crippen LogP contribution in [0.5, 0.6) is 0 Å². The number of carbonyl (C=O) groups is 1. The first kappa shape index (κ1) is 9.64. The van der Waals surface area contributed by atoms with Crippen molar-refractivity contribution in [2.45, 2.75) is 20.3 Å². The number of rotatable bonds is 2. The highest BCUT2D eigenvalue weighted by Crippen LogP contribution is 2.09. The Balaban J connectivity index is 2.70. The third kappa shape index (κ3) is 1.56. The highest BCUT2D eigenvalue weighted by molar-refractivity contribution is 5.86. The predicted molar refractivity (Wildman–Crippen MR) is 54.1 cm³/mol. The van der Waals surface area contributed by atoms with Crippen LogP contribution in [-0.4, -0.2) is 25.7 Å². The van der Waals surface area contributed by atoms with Crippen molar-refractivity contribution >= 4 is 11.6 Å². The summed E-state index contributed by atoms with van der Waals surface area (Å²) >= 11 is 0. The highest BCUT2D eigenvalue weighted by atomic mass is 16.4. The zero-order valence-electron chi connectivity index (χ0n) is 8.56. The van der Waals surface area contributed by atoms with Crippen LogP contribution in [-0.2, 0) is 6.42 Å². The Morgan fingerprint density at radius 3 is 2.87 bits per heavy atom. The van der Waals surface area contributed by atoms with Crippen LogP contribution in [0.4, 0.5) is 0 Å². The Morgan fingerprint density at radius 2 is 2.27 bits per heavy atom. The van der Waals surface area contributed by atoms with E-state index < -0.39 is 5.97 Å². The number of carboxylic acids is 1. The molecule has 2 heterocycles. The average Bonchev–Trinajstić information content (AvgIpc) is 2.61. The van der Waals surface area contributed by atoms with Crippen LogP contribution >= 0.6 is 0 Å². The lowest BCUT2D eigenvalue weighted by atomic mass is 10.3. The summed E-state index contributed by atoms with van der Waals surface area (Å²) in [5.74, 6) is -1.01. The van der Waals surface area contributed by atoms with E-state index in [0.29, 0.717) is 5.65 Å². The second-order valence-corrected chi connectivity index (χ2v) is 3.35. The molecule has 0 saturated carbocycles. The van der Waals surface area contributed by atoms with Crippen molar-refractivity contribution in [2.24, 2.45) is 0 Å². The highest BCUT2D eigenvalue weighted by Gasteiger charge is 2.10. The lowest BCUT2D eigenvalue weighted by molar-refractivity contribution is 0.0690. The Kier molecular flexibility index (Phi) is 2.15. The second-order valence-electron chi connectivity index (χ2n) is 3.35. The van der Waals surface area contributed by atoms with Gasteiger partial charge in [0.25, 0.3) is 0 Å². The van der Waals surface area contributed by atoms with Gasteiger partial charge < -0.3 is 5.11 Å². The van der Waals surface area contributed by atoms with E-state index in [4.69, 9.17) is 5.11 Å². The minimum atomic E-state index is -1.01. The molecule has 2 aromatic heterocycles. The SMILES string of the molecule is CCc1cc2nc(C(=O)O)cc(C)n2n1. The van der Waals surface area contributed by atoms with Gasteiger partial charge in [-0.1, -0.05) is 6.92 Å². The van der Waals surface area contributed by atoms with Gasteiger partial charge in [-0.05, 0) is 19.4 Å². The van der Waals surface area contributed by atoms with E-state index in [1.54, 1.807) is 10.6 Å². The minimum Gasteiger partial charge on any atom is -0.477 e. The molecule has 0 bridgehead atoms. The van der Waals surface area contributed by atoms with Gasteiger partial charge in [0, 0.05) is 11.8 Å². The average molecular weight is 205 g/mol. The Bertz CT molecular complexity index is 531. The van der Waals surface area contributed by atoms with Gasteiger partial charge in [-0.25, -0.2) is 14.3 Å². The zero-order chi connectivity index (χ0) is 11.0. The van der Waals surface area contributed by atoms with Crippen LogP contribution in [0.25, 0.3) is 5.65 Å². The maximum absolute atomic E-state index is 10.8. The Morgan fingerprint density at radius 1 is 1.53 bits per heavy atom. The molecule has 2 rings (SSSR count). The van der Waals surface area contributed by atoms with Crippen molar-refractivity contribution in [1.29, 1.82) is 0 Å². The summed E-state index contributed by atoms with van der Waals surface area (Å²) in [5.41, 5.74) is 2.33. The maximum atomic E-state index is 10.8. The molecule has 0 radical (unpaired) electrons. The van der Waals surface area contributed by atoms with Gasteiger partial charge in [-0.2, -0.15) is 5.10 Å². The predicted octanol–water partition coefficient (Wildman–Crippen LogP) is 1.30. The summed E-state index contributed by atoms with van der Waals surface area (Å²) in [7, 11) is 0. The van der Waals surface area contributed by atoms with Crippen molar-refractivity contribution in [2.75, 3.05) is 0 Å². The summed E-state index contributed by atoms with van der Waals surface area (Å²) in [6.45, 7) is 3.81. The van der Waals surface area contributed by atoms with Crippen LogP contribution in [0.2, 0.25) is 0 Å². The number of nitrogens with zero attached hydrogens (tertiary/aromatic N) is 3. The lowest BCUT2D eigenvalue weighted by Crippen LogP contribution is -2.05. The van der Waals surface area contributed by atoms with E-state index in [-0.39, 0.29) is 5.69 Å². The van der Waals surface area contributed by atoms with Crippen LogP contribution < -0.4 is 0 Å². The normalized spacial score (nSPS) is 10.8. The Hall–Kier alpha value is -1.91. The van der Waals surface area contributed by atoms with Crippen LogP contribution in [0.15, 0.2) is 12.1 Å². The minimum absolute atomic E-state index is 0.0579. The zero-order valence-corrected chi connectivity index (χ0v) is 8.56. The molecule has 1 N–H and O–H groups in total. The fourth-order valence-electron chi connectivity index (χ4n) is 1.45. The second kappa shape index (κ2) is 3.34. The van der Waals surface area contributed by atoms with E-state index in [9.17, 15) is 4.79 Å². The molecular weight excluding hydrogens is 194 g/mol. The van der Waals surface area contributed by atoms with Crippen LogP contribution in [0.3, 0.4) is 0 Å². The third-order valence-electron chi connectivity index (χ3n) is 2.24. The molecule has 5 heteroatoms. The molecule has 0 saturated heterocycles. The summed E-state index contributed by atoms with van der Waals surface area (Å²) in [6, 6.07) is 3.32. The summed E-state index contributed by atoms with van der Waals surface area (Å²) < 4.78 is 1.66. The molecule has 0 atom stereocenters. The van der Waals surface area contributed by atoms with Crippen molar-refractivity contribution in [3.63, 3.8) is 0 Å². The summed E-state index contributed by atoms with van der Waals surface area (Å²) in [6.07, 6.45) is 0.811. The number of aromatic carboxylic acids is 1. The smallest absolute Gasteiger partial charge is 0.354 e. The van der Waals surface area contributed by atoms with Crippen LogP contribution in [0, 0.1) is 6.92 Å². The first-order valence-corrected chi connectivity index (χ1v) is 4.71. The molecule has 2 aromatic rings. The molecule has 0 aromatic carbocycles. The number of fused-ring (bicyclic) bond motifs is 1. The molecule has 0 spiro atoms. The van der Waals surface area contributed by atoms with E-state index in [0.717, 1.165) is 17.8 Å². The summed E-state index contributed by atoms with van der Waals surface area (Å²) in [5, 5.41) is 13.1. The first-order valence-electron chi connectivity index (χ1n) is 4.71. The molecule has 5 nitrogen and oxygen atoms in total. The first-order chi connectivity index (χ1) is 7.11. The van der Waals surface area contributed by atoms with Gasteiger partial charge in [0.1, 0.15) is 0 Å². The molecular formula is C10H11N3O2. The van der Waals surface area contributed by atoms with E-state index in [1.807, 2.05) is 13.8 Å². The van der Waals surface area contributed by atoms with Gasteiger partial charge in [0.15, 0.2) is 11.3 Å². The van der Waals surface area contributed by atoms with Crippen molar-refractivity contribution < 1.29 is 9.90 Å². The fraction of sp³-hybridized carbons (Fsp3) is 0.300. The van der Waals surface area contributed by atoms with Crippen molar-refractivity contribution in [3.8, 4) is 0 Å². The molecule has 0 amide bonds. The topological polar surface area (TPSA) is 67.5 Å². The maximum Gasteiger partial charge on any atom is 0.354 e. The van der Waals surface area contributed by atoms with Crippen molar-refractivity contribution in [3.05, 3.63) is 29.2 Å². The largest absolute Gasteiger partial charge is 0.477 e. The van der Waals surface area contributed by atoms with E-state index >= 15 is 0 Å². The molecule has 0 fully saturated rings. The molecule has 78 valence electrons. The third-order valence-corrected chi connectivity index (χ3v) is 2.24. The molecule has 0 aliphatic heterocycles. The van der Waals surface area contributed by atoms with Gasteiger partial charge >= 0.3 is 5.97 Å². The molecule has 15 heavy (non-hydrogen) atoms. The van der Waals surface area contributed by atoms with Crippen molar-refractivity contribution in [1.82, 2.24) is 14.6 Å². The molecule has 0 unspecified atom stereocenters. The van der Waals surface area contributed by atoms with Gasteiger partial charge in [0.05, 0.1) is 5.69 Å². The quantitative estimate of drug-likeness (QED) is 0.802. The fourth-order valence-corrected chi connectivity index (χ4v) is 1.45. The lowest BCUT2D eigenvalue weighted by Gasteiger charge is -1.99. The number of hydrogen-bond acceptors (Lipinski definition) is 3. The number of carboxylic acid groups (broad SMARTS) is 1. The molecule has 0 aliphatic carbocycles. The van der Waals surface area contributed by atoms with Gasteiger partial charge in [-0.15, -0.1) is 0 Å².